The minimum atomic E-state index is -3.58. The first kappa shape index (κ1) is 22.4. The molecule has 162 valence electrons. The lowest BCUT2D eigenvalue weighted by atomic mass is 10.1. The number of anilines is 1. The lowest BCUT2D eigenvalue weighted by Crippen LogP contribution is -2.34. The maximum Gasteiger partial charge on any atom is 0.322 e. The number of carbonyl (C=O) groups excluding carboxylic acids is 1. The van der Waals surface area contributed by atoms with E-state index in [0.29, 0.717) is 13.1 Å². The van der Waals surface area contributed by atoms with Crippen molar-refractivity contribution in [3.05, 3.63) is 95.1 Å². The number of benzene rings is 3. The Morgan fingerprint density at radius 2 is 1.39 bits per heavy atom. The Balaban J connectivity index is 1.81. The van der Waals surface area contributed by atoms with Crippen molar-refractivity contribution in [3.63, 3.8) is 0 Å². The monoisotopic (exact) mass is 438 g/mol. The number of rotatable bonds is 7. The van der Waals surface area contributed by atoms with Crippen LogP contribution in [0, 0.1) is 13.8 Å². The van der Waals surface area contributed by atoms with Crippen LogP contribution in [-0.4, -0.2) is 25.6 Å². The highest BCUT2D eigenvalue weighted by Gasteiger charge is 2.17. The van der Waals surface area contributed by atoms with Crippen LogP contribution in [0.25, 0.3) is 0 Å². The van der Waals surface area contributed by atoms with Crippen LogP contribution in [0.3, 0.4) is 0 Å². The third kappa shape index (κ3) is 6.58. The van der Waals surface area contributed by atoms with E-state index >= 15 is 0 Å². The fourth-order valence-corrected chi connectivity index (χ4v) is 3.71. The molecule has 0 spiro atoms. The highest BCUT2D eigenvalue weighted by molar-refractivity contribution is 7.86. The minimum absolute atomic E-state index is 0.210. The van der Waals surface area contributed by atoms with Gasteiger partial charge in [0, 0.05) is 18.8 Å². The number of amides is 2. The third-order valence-electron chi connectivity index (χ3n) is 4.76. The molecule has 0 aromatic heterocycles. The van der Waals surface area contributed by atoms with Crippen molar-refractivity contribution in [2.24, 2.45) is 0 Å². The molecule has 0 bridgehead atoms. The van der Waals surface area contributed by atoms with Crippen LogP contribution in [0.1, 0.15) is 22.3 Å². The maximum atomic E-state index is 13.2. The number of nitrogens with zero attached hydrogens (tertiary/aromatic N) is 1. The van der Waals surface area contributed by atoms with Gasteiger partial charge in [-0.05, 0) is 48.2 Å². The molecule has 7 heteroatoms. The normalized spacial score (nSPS) is 11.1. The van der Waals surface area contributed by atoms with E-state index in [1.165, 1.54) is 0 Å². The van der Waals surface area contributed by atoms with Gasteiger partial charge < -0.3 is 14.4 Å². The van der Waals surface area contributed by atoms with Crippen molar-refractivity contribution in [1.29, 1.82) is 0 Å². The summed E-state index contributed by atoms with van der Waals surface area (Å²) in [5, 5.41) is 3.04. The average Bonchev–Trinajstić information content (AvgIpc) is 2.71. The Labute approximate surface area is 183 Å². The molecule has 0 aliphatic heterocycles. The summed E-state index contributed by atoms with van der Waals surface area (Å²) in [4.78, 5) is 14.9. The molecule has 0 radical (unpaired) electrons. The number of para-hydroxylation sites is 1. The number of hydrogen-bond acceptors (Lipinski definition) is 4. The fourth-order valence-electron chi connectivity index (χ4n) is 3.25. The molecule has 0 heterocycles. The number of aryl methyl sites for hydroxylation is 2. The van der Waals surface area contributed by atoms with Gasteiger partial charge in [-0.2, -0.15) is 8.42 Å². The zero-order valence-electron chi connectivity index (χ0n) is 17.8. The summed E-state index contributed by atoms with van der Waals surface area (Å²) < 4.78 is 27.5. The summed E-state index contributed by atoms with van der Waals surface area (Å²) in [6.07, 6.45) is 1.00. The molecule has 2 amide bonds. The van der Waals surface area contributed by atoms with Crippen LogP contribution in [-0.2, 0) is 23.2 Å². The molecule has 3 aromatic rings. The molecule has 0 unspecified atom stereocenters. The molecule has 31 heavy (non-hydrogen) atoms. The molecule has 1 N–H and O–H groups in total. The van der Waals surface area contributed by atoms with Crippen molar-refractivity contribution < 1.29 is 17.4 Å². The number of carbonyl (C=O) groups is 1. The summed E-state index contributed by atoms with van der Waals surface area (Å²) in [5.41, 5.74) is 4.66. The molecular formula is C24H26N2O4S. The van der Waals surface area contributed by atoms with Gasteiger partial charge in [0.2, 0.25) is 0 Å². The van der Waals surface area contributed by atoms with E-state index in [1.54, 1.807) is 29.2 Å². The molecule has 6 nitrogen and oxygen atoms in total. The van der Waals surface area contributed by atoms with E-state index in [0.717, 1.165) is 34.2 Å². The van der Waals surface area contributed by atoms with Gasteiger partial charge in [0.05, 0.1) is 6.26 Å². The van der Waals surface area contributed by atoms with Gasteiger partial charge in [0.15, 0.2) is 0 Å². The fraction of sp³-hybridized carbons (Fsp3) is 0.208. The molecule has 0 atom stereocenters. The Morgan fingerprint density at radius 1 is 0.839 bits per heavy atom. The quantitative estimate of drug-likeness (QED) is 0.534. The van der Waals surface area contributed by atoms with Crippen LogP contribution in [0.4, 0.5) is 10.5 Å². The molecule has 0 saturated heterocycles. The Hall–Kier alpha value is -3.32. The lowest BCUT2D eigenvalue weighted by molar-refractivity contribution is 0.206. The number of nitrogens with one attached hydrogen (secondary N) is 1. The third-order valence-corrected chi connectivity index (χ3v) is 5.26. The van der Waals surface area contributed by atoms with Crippen molar-refractivity contribution in [2.45, 2.75) is 26.9 Å². The van der Waals surface area contributed by atoms with E-state index in [-0.39, 0.29) is 11.8 Å². The first-order valence-electron chi connectivity index (χ1n) is 9.86. The molecule has 3 aromatic carbocycles. The highest BCUT2D eigenvalue weighted by atomic mass is 32.2. The van der Waals surface area contributed by atoms with E-state index in [4.69, 9.17) is 4.18 Å². The van der Waals surface area contributed by atoms with Gasteiger partial charge in [0.25, 0.3) is 0 Å². The van der Waals surface area contributed by atoms with Crippen molar-refractivity contribution in [1.82, 2.24) is 4.90 Å². The van der Waals surface area contributed by atoms with Crippen molar-refractivity contribution in [3.8, 4) is 5.75 Å². The molecule has 0 saturated carbocycles. The summed E-state index contributed by atoms with van der Waals surface area (Å²) in [5.74, 6) is 0.237. The zero-order valence-corrected chi connectivity index (χ0v) is 18.6. The van der Waals surface area contributed by atoms with Gasteiger partial charge in [-0.25, -0.2) is 4.79 Å². The molecule has 0 aliphatic rings. The first-order valence-corrected chi connectivity index (χ1v) is 11.7. The molecular weight excluding hydrogens is 412 g/mol. The zero-order chi connectivity index (χ0) is 22.4. The largest absolute Gasteiger partial charge is 0.383 e. The van der Waals surface area contributed by atoms with Crippen LogP contribution >= 0.6 is 0 Å². The number of hydrogen-bond donors (Lipinski definition) is 1. The Bertz CT molecular complexity index is 1120. The summed E-state index contributed by atoms with van der Waals surface area (Å²) >= 11 is 0. The van der Waals surface area contributed by atoms with Gasteiger partial charge in [0.1, 0.15) is 5.75 Å². The standard InChI is InChI=1S/C24H26N2O4S/c1-18-8-7-9-19(2)23(18)25-24(27)26(16-20-10-5-4-6-11-20)17-21-12-14-22(15-13-21)30-31(3,28)29/h4-15H,16-17H2,1-3H3,(H,25,27). The van der Waals surface area contributed by atoms with Crippen molar-refractivity contribution >= 4 is 21.8 Å². The van der Waals surface area contributed by atoms with E-state index in [1.807, 2.05) is 62.4 Å². The van der Waals surface area contributed by atoms with Crippen LogP contribution in [0.5, 0.6) is 5.75 Å². The van der Waals surface area contributed by atoms with Crippen molar-refractivity contribution in [2.75, 3.05) is 11.6 Å². The first-order chi connectivity index (χ1) is 14.7. The predicted molar refractivity (Wildman–Crippen MR) is 123 cm³/mol. The summed E-state index contributed by atoms with van der Waals surface area (Å²) in [6, 6.07) is 22.1. The topological polar surface area (TPSA) is 75.7 Å². The van der Waals surface area contributed by atoms with Gasteiger partial charge in [-0.3, -0.25) is 0 Å². The maximum absolute atomic E-state index is 13.2. The lowest BCUT2D eigenvalue weighted by Gasteiger charge is -2.24. The average molecular weight is 439 g/mol. The van der Waals surface area contributed by atoms with E-state index in [9.17, 15) is 13.2 Å². The van der Waals surface area contributed by atoms with Gasteiger partial charge >= 0.3 is 16.1 Å². The SMILES string of the molecule is Cc1cccc(C)c1NC(=O)N(Cc1ccccc1)Cc1ccc(OS(C)(=O)=O)cc1. The van der Waals surface area contributed by atoms with Crippen LogP contribution in [0.15, 0.2) is 72.8 Å². The predicted octanol–water partition coefficient (Wildman–Crippen LogP) is 4.88. The molecule has 0 aliphatic carbocycles. The Morgan fingerprint density at radius 3 is 1.94 bits per heavy atom. The second kappa shape index (κ2) is 9.66. The van der Waals surface area contributed by atoms with Crippen LogP contribution in [0.2, 0.25) is 0 Å². The summed E-state index contributed by atoms with van der Waals surface area (Å²) in [7, 11) is -3.58. The Kier molecular flexibility index (Phi) is 6.97. The van der Waals surface area contributed by atoms with E-state index < -0.39 is 10.1 Å². The minimum Gasteiger partial charge on any atom is -0.383 e. The second-order valence-corrected chi connectivity index (χ2v) is 9.04. The highest BCUT2D eigenvalue weighted by Crippen LogP contribution is 2.22. The van der Waals surface area contributed by atoms with Gasteiger partial charge in [-0.1, -0.05) is 60.7 Å². The second-order valence-electron chi connectivity index (χ2n) is 7.47. The van der Waals surface area contributed by atoms with Gasteiger partial charge in [-0.15, -0.1) is 0 Å². The number of urea groups is 1. The summed E-state index contributed by atoms with van der Waals surface area (Å²) in [6.45, 7) is 4.71. The molecule has 0 fully saturated rings. The smallest absolute Gasteiger partial charge is 0.322 e. The van der Waals surface area contributed by atoms with E-state index in [2.05, 4.69) is 5.32 Å². The molecule has 3 rings (SSSR count). The van der Waals surface area contributed by atoms with Crippen LogP contribution < -0.4 is 9.50 Å².